The van der Waals surface area contributed by atoms with Gasteiger partial charge < -0.3 is 21.1 Å². The number of guanidine groups is 1. The molecule has 0 amide bonds. The number of hydrogen-bond acceptors (Lipinski definition) is 3. The van der Waals surface area contributed by atoms with Crippen molar-refractivity contribution in [2.24, 2.45) is 10.7 Å². The number of benzene rings is 2. The average Bonchev–Trinajstić information content (AvgIpc) is 2.70. The molecule has 0 spiro atoms. The standard InChI is InChI=1S/C22H30N4O/c1-17-8-10-20(11-9-17)25-21(23)24-16-22(12-14-27-15-13-22)26-18(2)19-6-4-3-5-7-19/h3-11,18,26H,12-16H2,1-2H3,(H3,23,24,25). The molecule has 5 heteroatoms. The summed E-state index contributed by atoms with van der Waals surface area (Å²) < 4.78 is 5.59. The van der Waals surface area contributed by atoms with Crippen molar-refractivity contribution < 1.29 is 4.74 Å². The Bertz CT molecular complexity index is 737. The van der Waals surface area contributed by atoms with Crippen LogP contribution in [0.5, 0.6) is 0 Å². The summed E-state index contributed by atoms with van der Waals surface area (Å²) >= 11 is 0. The van der Waals surface area contributed by atoms with E-state index in [1.807, 2.05) is 18.2 Å². The Kier molecular flexibility index (Phi) is 6.48. The van der Waals surface area contributed by atoms with Gasteiger partial charge in [-0.1, -0.05) is 48.0 Å². The molecule has 1 atom stereocenters. The number of hydrogen-bond donors (Lipinski definition) is 3. The molecule has 1 unspecified atom stereocenters. The smallest absolute Gasteiger partial charge is 0.193 e. The Hall–Kier alpha value is -2.37. The first-order valence-electron chi connectivity index (χ1n) is 9.60. The third-order valence-corrected chi connectivity index (χ3v) is 5.15. The number of anilines is 1. The van der Waals surface area contributed by atoms with Gasteiger partial charge >= 0.3 is 0 Å². The normalized spacial score (nSPS) is 18.1. The molecule has 0 aromatic heterocycles. The topological polar surface area (TPSA) is 71.7 Å². The Morgan fingerprint density at radius 2 is 1.78 bits per heavy atom. The summed E-state index contributed by atoms with van der Waals surface area (Å²) in [6.07, 6.45) is 1.84. The van der Waals surface area contributed by atoms with Crippen LogP contribution in [-0.2, 0) is 4.74 Å². The molecule has 1 saturated heterocycles. The number of aryl methyl sites for hydroxylation is 1. The largest absolute Gasteiger partial charge is 0.381 e. The lowest BCUT2D eigenvalue weighted by atomic mass is 9.88. The number of nitrogens with two attached hydrogens (primary N) is 1. The highest BCUT2D eigenvalue weighted by atomic mass is 16.5. The predicted molar refractivity (Wildman–Crippen MR) is 112 cm³/mol. The number of ether oxygens (including phenoxy) is 1. The molecule has 0 radical (unpaired) electrons. The van der Waals surface area contributed by atoms with Crippen molar-refractivity contribution in [3.05, 3.63) is 65.7 Å². The van der Waals surface area contributed by atoms with Crippen LogP contribution in [0, 0.1) is 6.92 Å². The molecule has 1 aliphatic rings. The Morgan fingerprint density at radius 3 is 2.44 bits per heavy atom. The van der Waals surface area contributed by atoms with Gasteiger partial charge in [0.1, 0.15) is 0 Å². The molecule has 5 nitrogen and oxygen atoms in total. The highest BCUT2D eigenvalue weighted by Crippen LogP contribution is 2.26. The van der Waals surface area contributed by atoms with E-state index in [0.29, 0.717) is 12.5 Å². The minimum atomic E-state index is -0.104. The summed E-state index contributed by atoms with van der Waals surface area (Å²) in [7, 11) is 0. The maximum Gasteiger partial charge on any atom is 0.193 e. The van der Waals surface area contributed by atoms with Gasteiger partial charge in [-0.25, -0.2) is 0 Å². The number of aliphatic imine (C=N–C) groups is 1. The average molecular weight is 367 g/mol. The Balaban J connectivity index is 1.67. The van der Waals surface area contributed by atoms with E-state index in [-0.39, 0.29) is 11.6 Å². The molecule has 27 heavy (non-hydrogen) atoms. The van der Waals surface area contributed by atoms with E-state index in [4.69, 9.17) is 10.5 Å². The molecule has 1 heterocycles. The zero-order valence-corrected chi connectivity index (χ0v) is 16.2. The van der Waals surface area contributed by atoms with Gasteiger partial charge in [0.05, 0.1) is 6.54 Å². The van der Waals surface area contributed by atoms with Crippen molar-refractivity contribution in [2.75, 3.05) is 25.1 Å². The van der Waals surface area contributed by atoms with E-state index in [2.05, 4.69) is 65.9 Å². The third kappa shape index (κ3) is 5.55. The second-order valence-electron chi connectivity index (χ2n) is 7.36. The molecule has 2 aromatic carbocycles. The highest BCUT2D eigenvalue weighted by molar-refractivity contribution is 5.92. The lowest BCUT2D eigenvalue weighted by Crippen LogP contribution is -2.53. The summed E-state index contributed by atoms with van der Waals surface area (Å²) in [5.74, 6) is 0.443. The lowest BCUT2D eigenvalue weighted by molar-refractivity contribution is 0.0375. The molecular weight excluding hydrogens is 336 g/mol. The van der Waals surface area contributed by atoms with E-state index in [0.717, 1.165) is 31.7 Å². The fourth-order valence-electron chi connectivity index (χ4n) is 3.46. The van der Waals surface area contributed by atoms with Crippen LogP contribution in [0.4, 0.5) is 5.69 Å². The highest BCUT2D eigenvalue weighted by Gasteiger charge is 2.33. The molecule has 2 aromatic rings. The van der Waals surface area contributed by atoms with E-state index in [1.165, 1.54) is 11.1 Å². The van der Waals surface area contributed by atoms with E-state index < -0.39 is 0 Å². The molecule has 1 aliphatic heterocycles. The molecule has 0 saturated carbocycles. The summed E-state index contributed by atoms with van der Waals surface area (Å²) in [5.41, 5.74) is 9.48. The fourth-order valence-corrected chi connectivity index (χ4v) is 3.46. The molecule has 144 valence electrons. The summed E-state index contributed by atoms with van der Waals surface area (Å²) in [6, 6.07) is 18.9. The second kappa shape index (κ2) is 9.02. The van der Waals surface area contributed by atoms with Gasteiger partial charge in [-0.15, -0.1) is 0 Å². The zero-order chi connectivity index (χ0) is 19.1. The quantitative estimate of drug-likeness (QED) is 0.539. The first-order chi connectivity index (χ1) is 13.1. The van der Waals surface area contributed by atoms with Crippen LogP contribution in [0.25, 0.3) is 0 Å². The van der Waals surface area contributed by atoms with E-state index in [9.17, 15) is 0 Å². The van der Waals surface area contributed by atoms with Crippen LogP contribution in [0.15, 0.2) is 59.6 Å². The lowest BCUT2D eigenvalue weighted by Gasteiger charge is -2.39. The van der Waals surface area contributed by atoms with Gasteiger partial charge in [-0.05, 0) is 44.4 Å². The second-order valence-corrected chi connectivity index (χ2v) is 7.36. The summed E-state index contributed by atoms with van der Waals surface area (Å²) in [6.45, 7) is 6.38. The van der Waals surface area contributed by atoms with E-state index in [1.54, 1.807) is 0 Å². The molecule has 3 rings (SSSR count). The van der Waals surface area contributed by atoms with Crippen LogP contribution in [0.2, 0.25) is 0 Å². The van der Waals surface area contributed by atoms with Gasteiger partial charge in [-0.2, -0.15) is 0 Å². The number of rotatable bonds is 6. The summed E-state index contributed by atoms with van der Waals surface area (Å²) in [5, 5.41) is 6.98. The first-order valence-corrected chi connectivity index (χ1v) is 9.60. The van der Waals surface area contributed by atoms with Crippen molar-refractivity contribution in [1.82, 2.24) is 5.32 Å². The maximum atomic E-state index is 6.14. The summed E-state index contributed by atoms with van der Waals surface area (Å²) in [4.78, 5) is 4.65. The molecule has 1 fully saturated rings. The van der Waals surface area contributed by atoms with Crippen molar-refractivity contribution >= 4 is 11.6 Å². The Labute approximate surface area is 162 Å². The minimum absolute atomic E-state index is 0.104. The zero-order valence-electron chi connectivity index (χ0n) is 16.2. The maximum absolute atomic E-state index is 6.14. The fraction of sp³-hybridized carbons (Fsp3) is 0.409. The molecule has 0 bridgehead atoms. The Morgan fingerprint density at radius 1 is 1.11 bits per heavy atom. The van der Waals surface area contributed by atoms with Gasteiger partial charge in [0.25, 0.3) is 0 Å². The van der Waals surface area contributed by atoms with Gasteiger partial charge in [0.2, 0.25) is 0 Å². The van der Waals surface area contributed by atoms with Gasteiger partial charge in [-0.3, -0.25) is 4.99 Å². The van der Waals surface area contributed by atoms with E-state index >= 15 is 0 Å². The van der Waals surface area contributed by atoms with Crippen LogP contribution in [-0.4, -0.2) is 31.3 Å². The molecule has 4 N–H and O–H groups in total. The monoisotopic (exact) mass is 366 g/mol. The first kappa shape index (κ1) is 19.4. The van der Waals surface area contributed by atoms with Crippen molar-refractivity contribution in [1.29, 1.82) is 0 Å². The van der Waals surface area contributed by atoms with Crippen LogP contribution >= 0.6 is 0 Å². The van der Waals surface area contributed by atoms with Crippen LogP contribution in [0.3, 0.4) is 0 Å². The molecule has 0 aliphatic carbocycles. The van der Waals surface area contributed by atoms with Gasteiger partial charge in [0.15, 0.2) is 5.96 Å². The van der Waals surface area contributed by atoms with Gasteiger partial charge in [0, 0.05) is 30.5 Å². The SMILES string of the molecule is Cc1ccc(NC(N)=NCC2(NC(C)c3ccccc3)CCOCC2)cc1. The van der Waals surface area contributed by atoms with Crippen LogP contribution in [0.1, 0.15) is 36.9 Å². The van der Waals surface area contributed by atoms with Crippen molar-refractivity contribution in [2.45, 2.75) is 38.3 Å². The number of nitrogens with one attached hydrogen (secondary N) is 2. The van der Waals surface area contributed by atoms with Crippen LogP contribution < -0.4 is 16.4 Å². The van der Waals surface area contributed by atoms with Crippen molar-refractivity contribution in [3.63, 3.8) is 0 Å². The number of nitrogens with zero attached hydrogens (tertiary/aromatic N) is 1. The predicted octanol–water partition coefficient (Wildman–Crippen LogP) is 3.62. The minimum Gasteiger partial charge on any atom is -0.381 e. The van der Waals surface area contributed by atoms with Crippen molar-refractivity contribution in [3.8, 4) is 0 Å². The molecular formula is C22H30N4O. The third-order valence-electron chi connectivity index (χ3n) is 5.15.